The molecule has 1 saturated heterocycles. The number of hydrogen-bond donors (Lipinski definition) is 1. The van der Waals surface area contributed by atoms with Gasteiger partial charge in [-0.15, -0.1) is 12.4 Å². The van der Waals surface area contributed by atoms with Gasteiger partial charge in [0.1, 0.15) is 11.6 Å². The maximum atomic E-state index is 13.4. The predicted molar refractivity (Wildman–Crippen MR) is 164 cm³/mol. The van der Waals surface area contributed by atoms with Crippen molar-refractivity contribution in [3.63, 3.8) is 0 Å². The summed E-state index contributed by atoms with van der Waals surface area (Å²) >= 11 is 0. The zero-order valence-electron chi connectivity index (χ0n) is 23.0. The molecule has 1 fully saturated rings. The third-order valence-corrected chi connectivity index (χ3v) is 8.08. The Morgan fingerprint density at radius 3 is 2.24 bits per heavy atom. The first-order valence-electron chi connectivity index (χ1n) is 13.3. The molecule has 2 heterocycles. The van der Waals surface area contributed by atoms with Crippen molar-refractivity contribution in [1.29, 1.82) is 0 Å². The second-order valence-corrected chi connectivity index (χ2v) is 12.0. The number of anilines is 2. The van der Waals surface area contributed by atoms with Gasteiger partial charge in [-0.3, -0.25) is 9.80 Å². The second kappa shape index (κ2) is 13.8. The molecule has 3 aromatic carbocycles. The van der Waals surface area contributed by atoms with Crippen LogP contribution in [0.2, 0.25) is 0 Å². The number of likely N-dealkylation sites (tertiary alicyclic amines) is 1. The number of nitrogens with one attached hydrogen (secondary N) is 1. The number of halogens is 2. The van der Waals surface area contributed by atoms with Crippen LogP contribution in [-0.4, -0.2) is 49.7 Å². The van der Waals surface area contributed by atoms with Crippen molar-refractivity contribution in [3.05, 3.63) is 109 Å². The molecule has 2 amide bonds. The van der Waals surface area contributed by atoms with Gasteiger partial charge in [0.2, 0.25) is 5.88 Å². The lowest BCUT2D eigenvalue weighted by molar-refractivity contribution is 0.199. The molecule has 1 N–H and O–H groups in total. The van der Waals surface area contributed by atoms with Gasteiger partial charge in [-0.05, 0) is 79.1 Å². The molecule has 1 aliphatic rings. The van der Waals surface area contributed by atoms with Gasteiger partial charge in [0.15, 0.2) is 9.84 Å². The summed E-state index contributed by atoms with van der Waals surface area (Å²) in [4.78, 5) is 22.1. The van der Waals surface area contributed by atoms with Crippen molar-refractivity contribution in [2.45, 2.75) is 30.3 Å². The standard InChI is InChI=1S/C31H31FN4O4S.ClH/c1-41(38,39)29-14-12-28(13-15-29)40-30-16-7-23(21-33-30)22-35-19-17-27(18-20-35)36(26-5-3-2-4-6-26)31(37)34-25-10-8-24(32)9-11-25;/h2-16,21,27H,17-20,22H2,1H3,(H,34,37);1H. The Balaban J connectivity index is 0.00000405. The van der Waals surface area contributed by atoms with Crippen molar-refractivity contribution in [2.75, 3.05) is 29.6 Å². The van der Waals surface area contributed by atoms with Gasteiger partial charge in [0.25, 0.3) is 0 Å². The van der Waals surface area contributed by atoms with E-state index in [1.807, 2.05) is 36.4 Å². The van der Waals surface area contributed by atoms with Gasteiger partial charge in [0.05, 0.1) is 4.90 Å². The van der Waals surface area contributed by atoms with Crippen LogP contribution in [0.15, 0.2) is 102 Å². The predicted octanol–water partition coefficient (Wildman–Crippen LogP) is 6.54. The van der Waals surface area contributed by atoms with Crippen LogP contribution >= 0.6 is 12.4 Å². The fourth-order valence-electron chi connectivity index (χ4n) is 4.83. The monoisotopic (exact) mass is 610 g/mol. The van der Waals surface area contributed by atoms with E-state index in [0.29, 0.717) is 17.3 Å². The Bertz CT molecular complexity index is 1560. The molecular formula is C31H32ClFN4O4S. The Labute approximate surface area is 251 Å². The number of nitrogens with zero attached hydrogens (tertiary/aromatic N) is 3. The number of amides is 2. The summed E-state index contributed by atoms with van der Waals surface area (Å²) in [6.07, 6.45) is 4.53. The van der Waals surface area contributed by atoms with Gasteiger partial charge in [0, 0.05) is 55.6 Å². The molecule has 0 saturated carbocycles. The van der Waals surface area contributed by atoms with Gasteiger partial charge < -0.3 is 10.1 Å². The van der Waals surface area contributed by atoms with E-state index in [4.69, 9.17) is 4.74 Å². The minimum absolute atomic E-state index is 0. The van der Waals surface area contributed by atoms with E-state index in [2.05, 4.69) is 15.2 Å². The van der Waals surface area contributed by atoms with Crippen molar-refractivity contribution < 1.29 is 22.3 Å². The van der Waals surface area contributed by atoms with E-state index >= 15 is 0 Å². The first-order chi connectivity index (χ1) is 19.7. The highest BCUT2D eigenvalue weighted by molar-refractivity contribution is 7.90. The largest absolute Gasteiger partial charge is 0.439 e. The molecule has 42 heavy (non-hydrogen) atoms. The van der Waals surface area contributed by atoms with Crippen LogP contribution in [0.4, 0.5) is 20.6 Å². The topological polar surface area (TPSA) is 91.8 Å². The van der Waals surface area contributed by atoms with Gasteiger partial charge in [-0.2, -0.15) is 0 Å². The highest BCUT2D eigenvalue weighted by Crippen LogP contribution is 2.26. The summed E-state index contributed by atoms with van der Waals surface area (Å²) in [7, 11) is -3.26. The number of urea groups is 1. The van der Waals surface area contributed by atoms with Crippen molar-refractivity contribution >= 4 is 39.7 Å². The highest BCUT2D eigenvalue weighted by Gasteiger charge is 2.29. The van der Waals surface area contributed by atoms with Crippen LogP contribution in [0.3, 0.4) is 0 Å². The smallest absolute Gasteiger partial charge is 0.326 e. The number of sulfone groups is 1. The summed E-state index contributed by atoms with van der Waals surface area (Å²) < 4.78 is 42.4. The molecule has 1 aliphatic heterocycles. The summed E-state index contributed by atoms with van der Waals surface area (Å²) in [6.45, 7) is 2.34. The van der Waals surface area contributed by atoms with Crippen LogP contribution in [0.5, 0.6) is 11.6 Å². The highest BCUT2D eigenvalue weighted by atomic mass is 35.5. The van der Waals surface area contributed by atoms with Crippen LogP contribution in [0.1, 0.15) is 18.4 Å². The molecule has 1 aromatic heterocycles. The molecule has 220 valence electrons. The Hall–Kier alpha value is -3.99. The Kier molecular flexibility index (Phi) is 10.2. The lowest BCUT2D eigenvalue weighted by Crippen LogP contribution is -2.49. The fraction of sp³-hybridized carbons (Fsp3) is 0.226. The minimum atomic E-state index is -3.26. The third kappa shape index (κ3) is 8.06. The van der Waals surface area contributed by atoms with Crippen LogP contribution in [-0.2, 0) is 16.4 Å². The number of ether oxygens (including phenoxy) is 1. The van der Waals surface area contributed by atoms with E-state index in [1.165, 1.54) is 24.3 Å². The zero-order valence-corrected chi connectivity index (χ0v) is 24.7. The molecule has 5 rings (SSSR count). The number of carbonyl (C=O) groups excluding carboxylic acids is 1. The maximum Gasteiger partial charge on any atom is 0.326 e. The molecule has 11 heteroatoms. The average Bonchev–Trinajstić information content (AvgIpc) is 2.97. The Morgan fingerprint density at radius 1 is 0.976 bits per heavy atom. The minimum Gasteiger partial charge on any atom is -0.439 e. The van der Waals surface area contributed by atoms with Gasteiger partial charge in [-0.1, -0.05) is 24.3 Å². The SMILES string of the molecule is CS(=O)(=O)c1ccc(Oc2ccc(CN3CCC(N(C(=O)Nc4ccc(F)cc4)c4ccccc4)CC3)cn2)cc1.Cl. The summed E-state index contributed by atoms with van der Waals surface area (Å²) in [5.74, 6) is 0.574. The van der Waals surface area contributed by atoms with Crippen molar-refractivity contribution in [3.8, 4) is 11.6 Å². The fourth-order valence-corrected chi connectivity index (χ4v) is 5.46. The number of benzene rings is 3. The average molecular weight is 611 g/mol. The number of para-hydroxylation sites is 1. The summed E-state index contributed by atoms with van der Waals surface area (Å²) in [5, 5.41) is 2.91. The first kappa shape index (κ1) is 31.0. The van der Waals surface area contributed by atoms with Gasteiger partial charge >= 0.3 is 6.03 Å². The molecule has 0 unspecified atom stereocenters. The molecule has 0 aliphatic carbocycles. The molecule has 8 nitrogen and oxygen atoms in total. The van der Waals surface area contributed by atoms with Gasteiger partial charge in [-0.25, -0.2) is 22.6 Å². The number of aromatic nitrogens is 1. The quantitative estimate of drug-likeness (QED) is 0.244. The second-order valence-electron chi connectivity index (χ2n) is 10.0. The number of rotatable bonds is 8. The van der Waals surface area contributed by atoms with E-state index in [1.54, 1.807) is 41.4 Å². The molecule has 0 radical (unpaired) electrons. The first-order valence-corrected chi connectivity index (χ1v) is 15.2. The van der Waals surface area contributed by atoms with Crippen molar-refractivity contribution in [2.24, 2.45) is 0 Å². The van der Waals surface area contributed by atoms with E-state index in [9.17, 15) is 17.6 Å². The molecule has 0 bridgehead atoms. The van der Waals surface area contributed by atoms with Crippen LogP contribution in [0, 0.1) is 5.82 Å². The third-order valence-electron chi connectivity index (χ3n) is 6.95. The number of carbonyl (C=O) groups is 1. The summed E-state index contributed by atoms with van der Waals surface area (Å²) in [5.41, 5.74) is 2.40. The van der Waals surface area contributed by atoms with Crippen LogP contribution in [0.25, 0.3) is 0 Å². The number of pyridine rings is 1. The van der Waals surface area contributed by atoms with Crippen molar-refractivity contribution in [1.82, 2.24) is 9.88 Å². The molecule has 4 aromatic rings. The zero-order chi connectivity index (χ0) is 28.8. The van der Waals surface area contributed by atoms with E-state index in [0.717, 1.165) is 50.0 Å². The number of piperidine rings is 1. The molecule has 0 atom stereocenters. The lowest BCUT2D eigenvalue weighted by atomic mass is 10.0. The molecular weight excluding hydrogens is 579 g/mol. The Morgan fingerprint density at radius 2 is 1.64 bits per heavy atom. The van der Waals surface area contributed by atoms with Crippen LogP contribution < -0.4 is 15.0 Å². The summed E-state index contributed by atoms with van der Waals surface area (Å²) in [6, 6.07) is 25.1. The van der Waals surface area contributed by atoms with E-state index < -0.39 is 9.84 Å². The number of hydrogen-bond acceptors (Lipinski definition) is 6. The molecule has 0 spiro atoms. The van der Waals surface area contributed by atoms with E-state index in [-0.39, 0.29) is 35.2 Å². The normalized spacial score (nSPS) is 14.0. The lowest BCUT2D eigenvalue weighted by Gasteiger charge is -2.38. The maximum absolute atomic E-state index is 13.4.